The highest BCUT2D eigenvalue weighted by molar-refractivity contribution is 5.73. The van der Waals surface area contributed by atoms with Gasteiger partial charge in [0.25, 0.3) is 0 Å². The molecule has 20 N–H and O–H groups in total. The summed E-state index contributed by atoms with van der Waals surface area (Å²) in [5.74, 6) is -1.64. The third-order valence-corrected chi connectivity index (χ3v) is 15.2. The van der Waals surface area contributed by atoms with Crippen molar-refractivity contribution in [3.05, 3.63) is 0 Å². The Labute approximate surface area is 460 Å². The van der Waals surface area contributed by atoms with Crippen molar-refractivity contribution in [2.75, 3.05) is 26.4 Å². The zero-order chi connectivity index (χ0) is 59.8. The first-order chi connectivity index (χ1) is 38.1. The largest absolute Gasteiger partial charge is 0.394 e. The molecule has 7 heterocycles. The van der Waals surface area contributed by atoms with Crippen LogP contribution in [0.15, 0.2) is 0 Å². The molecule has 0 aliphatic carbocycles. The monoisotopic (exact) mass is 1190 g/mol. The van der Waals surface area contributed by atoms with E-state index in [0.29, 0.717) is 0 Å². The number of carbonyl (C=O) groups is 2. The first-order valence-electron chi connectivity index (χ1n) is 26.2. The number of hydrogen-bond donors (Lipinski definition) is 20. The molecule has 35 heteroatoms. The molecule has 0 aromatic heterocycles. The van der Waals surface area contributed by atoms with Crippen LogP contribution < -0.4 is 10.6 Å². The summed E-state index contributed by atoms with van der Waals surface area (Å²) in [5.41, 5.74) is 0. The Hall–Kier alpha value is -2.30. The quantitative estimate of drug-likeness (QED) is 0.0606. The molecular weight excluding hydrogens is 1110 g/mol. The Bertz CT molecular complexity index is 2010. The molecule has 0 unspecified atom stereocenters. The fraction of sp³-hybridized carbons (Fsp3) is 0.957. The van der Waals surface area contributed by atoms with Gasteiger partial charge in [-0.25, -0.2) is 0 Å². The van der Waals surface area contributed by atoms with E-state index >= 15 is 0 Å². The number of rotatable bonds is 18. The first-order valence-corrected chi connectivity index (χ1v) is 26.2. The van der Waals surface area contributed by atoms with Crippen LogP contribution in [0.5, 0.6) is 0 Å². The standard InChI is InChI=1S/C46H78N2O33/c1-10-21(54)28(61)32(65)42(70-10)77-36-20(48-14(5)53)41(74-16(7-50)25(36)58)69-9-18-27(60)35(19(40(68)73-18)47-13(4)52)78-46-39(81-44-34(67)30(63)23(56)12(3)72-44)37(26(59)17(8-51)76-46)79-45-38(31(64)24(57)15(6-49)75-45)80-43-33(66)29(62)22(55)11(2)71-43/h10-12,15-46,49-51,54-68H,6-9H2,1-5H3,(H,47,52)(H,48,53)/t10-,11-,12-,15+,16+,17+,18+,19+,20+,21+,22+,23+,24-,25+,26-,27-,28+,29+,30+,31-,32-,33-,34-,35+,36+,37-,38+,39+,40-,41+,42-,43-,44-,45-,46-/m0/s1. The highest BCUT2D eigenvalue weighted by atomic mass is 16.8. The van der Waals surface area contributed by atoms with Crippen LogP contribution in [-0.4, -0.2) is 345 Å². The SMILES string of the molecule is CC(=O)N[C@@H]1[C@@H](O[C@@H]2O[C@H](CO)[C@H](O)[C@H](O[C@@H]3O[C@H](CO)[C@H](O)[C@H](O)[C@H]3O[C@@H]3O[C@@H](C)[C@@H](O)[C@@H](O)[C@@H]3O)[C@H]2O[C@@H]2O[C@@H](C)[C@@H](O)[C@@H](O)[C@@H]2O)[C@@H](O)[C@@H](CO[C@@H]2O[C@H](CO)[C@@H](O)[C@H](O[C@@H]3O[C@@H](C)[C@@H](O)[C@@H](O)[C@@H]3O)[C@H]2NC(C)=O)O[C@@H]1O. The average Bonchev–Trinajstić information content (AvgIpc) is 3.44. The van der Waals surface area contributed by atoms with Gasteiger partial charge in [-0.2, -0.15) is 0 Å². The van der Waals surface area contributed by atoms with Crippen LogP contribution in [-0.2, 0) is 71.2 Å². The maximum Gasteiger partial charge on any atom is 0.217 e. The lowest BCUT2D eigenvalue weighted by molar-refractivity contribution is -0.410. The van der Waals surface area contributed by atoms with Gasteiger partial charge >= 0.3 is 0 Å². The summed E-state index contributed by atoms with van der Waals surface area (Å²) in [4.78, 5) is 25.4. The molecule has 0 spiro atoms. The number of nitrogens with one attached hydrogen (secondary N) is 2. The predicted molar refractivity (Wildman–Crippen MR) is 251 cm³/mol. The number of hydrogen-bond acceptors (Lipinski definition) is 33. The van der Waals surface area contributed by atoms with Crippen molar-refractivity contribution in [2.45, 2.75) is 249 Å². The predicted octanol–water partition coefficient (Wildman–Crippen LogP) is -12.9. The normalized spacial score (nSPS) is 51.8. The summed E-state index contributed by atoms with van der Waals surface area (Å²) in [6.07, 6.45) is -61.6. The van der Waals surface area contributed by atoms with Crippen LogP contribution in [0, 0.1) is 0 Å². The zero-order valence-corrected chi connectivity index (χ0v) is 44.2. The van der Waals surface area contributed by atoms with E-state index < -0.39 is 253 Å². The molecule has 7 saturated heterocycles. The van der Waals surface area contributed by atoms with E-state index in [1.54, 1.807) is 0 Å². The van der Waals surface area contributed by atoms with Crippen LogP contribution in [0.4, 0.5) is 0 Å². The number of ether oxygens (including phenoxy) is 13. The molecule has 7 aliphatic heterocycles. The first kappa shape index (κ1) is 66.2. The summed E-state index contributed by atoms with van der Waals surface area (Å²) in [6.45, 7) is 2.04. The Morgan fingerprint density at radius 2 is 0.691 bits per heavy atom. The van der Waals surface area contributed by atoms with Gasteiger partial charge < -0.3 is 164 Å². The maximum absolute atomic E-state index is 12.7. The van der Waals surface area contributed by atoms with Crippen LogP contribution in [0.3, 0.4) is 0 Å². The van der Waals surface area contributed by atoms with E-state index in [-0.39, 0.29) is 0 Å². The number of aliphatic hydroxyl groups is 18. The lowest BCUT2D eigenvalue weighted by Gasteiger charge is -2.51. The van der Waals surface area contributed by atoms with Gasteiger partial charge in [0.1, 0.15) is 152 Å². The van der Waals surface area contributed by atoms with Crippen LogP contribution >= 0.6 is 0 Å². The average molecular weight is 1190 g/mol. The molecule has 7 fully saturated rings. The van der Waals surface area contributed by atoms with Gasteiger partial charge in [-0.15, -0.1) is 0 Å². The van der Waals surface area contributed by atoms with Crippen molar-refractivity contribution in [1.82, 2.24) is 10.6 Å². The summed E-state index contributed by atoms with van der Waals surface area (Å²) in [5, 5.41) is 201. The van der Waals surface area contributed by atoms with Crippen molar-refractivity contribution in [3.8, 4) is 0 Å². The molecule has 35 nitrogen and oxygen atoms in total. The topological polar surface area (TPSA) is 542 Å². The van der Waals surface area contributed by atoms with Gasteiger partial charge in [-0.1, -0.05) is 0 Å². The molecule has 0 aromatic carbocycles. The zero-order valence-electron chi connectivity index (χ0n) is 44.2. The highest BCUT2D eigenvalue weighted by Gasteiger charge is 2.59. The Morgan fingerprint density at radius 1 is 0.346 bits per heavy atom. The number of aliphatic hydroxyl groups excluding tert-OH is 18. The van der Waals surface area contributed by atoms with Crippen molar-refractivity contribution in [3.63, 3.8) is 0 Å². The molecule has 81 heavy (non-hydrogen) atoms. The molecule has 2 amide bonds. The van der Waals surface area contributed by atoms with Crippen molar-refractivity contribution in [1.29, 1.82) is 0 Å². The summed E-state index contributed by atoms with van der Waals surface area (Å²) in [6, 6.07) is -3.40. The van der Waals surface area contributed by atoms with Crippen molar-refractivity contribution < 1.29 is 163 Å². The van der Waals surface area contributed by atoms with Gasteiger partial charge in [0.05, 0.1) is 44.7 Å². The van der Waals surface area contributed by atoms with Crippen LogP contribution in [0.25, 0.3) is 0 Å². The minimum absolute atomic E-state index is 0.776. The van der Waals surface area contributed by atoms with E-state index in [0.717, 1.165) is 13.8 Å². The van der Waals surface area contributed by atoms with E-state index in [1.165, 1.54) is 20.8 Å². The van der Waals surface area contributed by atoms with Crippen LogP contribution in [0.2, 0.25) is 0 Å². The Morgan fingerprint density at radius 3 is 1.15 bits per heavy atom. The molecule has 0 bridgehead atoms. The fourth-order valence-electron chi connectivity index (χ4n) is 10.5. The lowest BCUT2D eigenvalue weighted by Crippen LogP contribution is -2.70. The molecule has 470 valence electrons. The Balaban J connectivity index is 1.21. The van der Waals surface area contributed by atoms with E-state index in [2.05, 4.69) is 10.6 Å². The summed E-state index contributed by atoms with van der Waals surface area (Å²) < 4.78 is 76.5. The molecule has 0 radical (unpaired) electrons. The van der Waals surface area contributed by atoms with Gasteiger partial charge in [-0.3, -0.25) is 9.59 Å². The highest BCUT2D eigenvalue weighted by Crippen LogP contribution is 2.38. The number of amides is 2. The molecule has 35 atom stereocenters. The van der Waals surface area contributed by atoms with E-state index in [4.69, 9.17) is 61.6 Å². The van der Waals surface area contributed by atoms with Crippen molar-refractivity contribution >= 4 is 11.8 Å². The maximum atomic E-state index is 12.7. The minimum atomic E-state index is -2.21. The summed E-state index contributed by atoms with van der Waals surface area (Å²) in [7, 11) is 0. The smallest absolute Gasteiger partial charge is 0.217 e. The minimum Gasteiger partial charge on any atom is -0.394 e. The third-order valence-electron chi connectivity index (χ3n) is 15.2. The van der Waals surface area contributed by atoms with Gasteiger partial charge in [0.15, 0.2) is 44.0 Å². The van der Waals surface area contributed by atoms with Gasteiger partial charge in [0, 0.05) is 13.8 Å². The van der Waals surface area contributed by atoms with Crippen molar-refractivity contribution in [2.24, 2.45) is 0 Å². The van der Waals surface area contributed by atoms with Crippen LogP contribution in [0.1, 0.15) is 34.6 Å². The van der Waals surface area contributed by atoms with E-state index in [1.807, 2.05) is 0 Å². The second kappa shape index (κ2) is 28.0. The lowest BCUT2D eigenvalue weighted by atomic mass is 9.94. The second-order valence-corrected chi connectivity index (χ2v) is 21.0. The molecular formula is C46H78N2O33. The molecule has 7 aliphatic rings. The van der Waals surface area contributed by atoms with Gasteiger partial charge in [-0.05, 0) is 20.8 Å². The fourth-order valence-corrected chi connectivity index (χ4v) is 10.5. The Kier molecular flexibility index (Phi) is 22.9. The van der Waals surface area contributed by atoms with Gasteiger partial charge in [0.2, 0.25) is 11.8 Å². The second-order valence-electron chi connectivity index (χ2n) is 21.0. The molecule has 0 saturated carbocycles. The molecule has 7 rings (SSSR count). The van der Waals surface area contributed by atoms with E-state index in [9.17, 15) is 102 Å². The molecule has 0 aromatic rings. The number of carbonyl (C=O) groups excluding carboxylic acids is 2. The third kappa shape index (κ3) is 14.3. The summed E-state index contributed by atoms with van der Waals surface area (Å²) >= 11 is 0.